The number of fused-ring (bicyclic) bond motifs is 1. The predicted octanol–water partition coefficient (Wildman–Crippen LogP) is 0.271. The molecule has 2 aromatic rings. The van der Waals surface area contributed by atoms with E-state index in [2.05, 4.69) is 20.9 Å². The molecule has 0 aliphatic rings. The molecular formula is C25H37N5O6. The number of H-pyrrole nitrogens is 1. The maximum Gasteiger partial charge on any atom is 0.326 e. The van der Waals surface area contributed by atoms with Crippen LogP contribution in [0.4, 0.5) is 0 Å². The summed E-state index contributed by atoms with van der Waals surface area (Å²) >= 11 is 0. The largest absolute Gasteiger partial charge is 0.480 e. The zero-order valence-electron chi connectivity index (χ0n) is 21.1. The number of aliphatic hydroxyl groups excluding tert-OH is 1. The minimum Gasteiger partial charge on any atom is -0.480 e. The number of benzene rings is 1. The van der Waals surface area contributed by atoms with E-state index in [1.165, 1.54) is 0 Å². The van der Waals surface area contributed by atoms with Gasteiger partial charge in [-0.1, -0.05) is 45.9 Å². The van der Waals surface area contributed by atoms with E-state index in [0.29, 0.717) is 12.0 Å². The molecule has 1 heterocycles. The zero-order chi connectivity index (χ0) is 27.0. The molecule has 1 aromatic heterocycles. The molecule has 0 saturated carbocycles. The van der Waals surface area contributed by atoms with Crippen LogP contribution in [0.5, 0.6) is 0 Å². The Morgan fingerprint density at radius 3 is 2.17 bits per heavy atom. The Morgan fingerprint density at radius 1 is 0.944 bits per heavy atom. The van der Waals surface area contributed by atoms with Crippen molar-refractivity contribution in [1.82, 2.24) is 20.9 Å². The van der Waals surface area contributed by atoms with Gasteiger partial charge in [0.1, 0.15) is 18.1 Å². The van der Waals surface area contributed by atoms with Crippen LogP contribution in [0.3, 0.4) is 0 Å². The van der Waals surface area contributed by atoms with Crippen molar-refractivity contribution in [2.24, 2.45) is 17.6 Å². The molecular weight excluding hydrogens is 466 g/mol. The number of nitrogens with two attached hydrogens (primary N) is 1. The van der Waals surface area contributed by atoms with Crippen LogP contribution in [0.25, 0.3) is 10.9 Å². The number of aliphatic carboxylic acids is 1. The molecule has 3 amide bonds. The topological polar surface area (TPSA) is 187 Å². The van der Waals surface area contributed by atoms with E-state index < -0.39 is 54.5 Å². The lowest BCUT2D eigenvalue weighted by Gasteiger charge is -2.26. The summed E-state index contributed by atoms with van der Waals surface area (Å²) in [4.78, 5) is 53.0. The van der Waals surface area contributed by atoms with Gasteiger partial charge in [-0.25, -0.2) is 4.79 Å². The van der Waals surface area contributed by atoms with Crippen molar-refractivity contribution < 1.29 is 29.4 Å². The molecule has 11 heteroatoms. The molecule has 0 spiro atoms. The monoisotopic (exact) mass is 503 g/mol. The van der Waals surface area contributed by atoms with Crippen molar-refractivity contribution in [1.29, 1.82) is 0 Å². The van der Waals surface area contributed by atoms with Crippen LogP contribution in [0.15, 0.2) is 30.5 Å². The van der Waals surface area contributed by atoms with Gasteiger partial charge < -0.3 is 36.9 Å². The van der Waals surface area contributed by atoms with Gasteiger partial charge in [0.25, 0.3) is 0 Å². The number of hydrogen-bond acceptors (Lipinski definition) is 6. The Hall–Kier alpha value is -3.44. The molecule has 0 fully saturated rings. The molecule has 11 nitrogen and oxygen atoms in total. The summed E-state index contributed by atoms with van der Waals surface area (Å²) in [6.45, 7) is 6.52. The lowest BCUT2D eigenvalue weighted by molar-refractivity contribution is -0.142. The van der Waals surface area contributed by atoms with Gasteiger partial charge in [0, 0.05) is 23.5 Å². The van der Waals surface area contributed by atoms with Crippen LogP contribution < -0.4 is 21.7 Å². The van der Waals surface area contributed by atoms with Crippen molar-refractivity contribution >= 4 is 34.6 Å². The highest BCUT2D eigenvalue weighted by Gasteiger charge is 2.31. The summed E-state index contributed by atoms with van der Waals surface area (Å²) in [5.74, 6) is -3.45. The third-order valence-electron chi connectivity index (χ3n) is 5.84. The molecule has 0 bridgehead atoms. The lowest BCUT2D eigenvalue weighted by Crippen LogP contribution is -2.59. The Kier molecular flexibility index (Phi) is 10.4. The van der Waals surface area contributed by atoms with Gasteiger partial charge in [-0.2, -0.15) is 0 Å². The van der Waals surface area contributed by atoms with Crippen LogP contribution in [0.1, 0.15) is 39.7 Å². The van der Waals surface area contributed by atoms with Gasteiger partial charge in [-0.15, -0.1) is 0 Å². The molecule has 36 heavy (non-hydrogen) atoms. The third kappa shape index (κ3) is 7.79. The number of carbonyl (C=O) groups excluding carboxylic acids is 3. The van der Waals surface area contributed by atoms with Gasteiger partial charge in [0.15, 0.2) is 0 Å². The van der Waals surface area contributed by atoms with Crippen LogP contribution in [0.2, 0.25) is 0 Å². The van der Waals surface area contributed by atoms with Gasteiger partial charge in [0.2, 0.25) is 17.7 Å². The number of carboxylic acids is 1. The first kappa shape index (κ1) is 28.8. The molecule has 4 unspecified atom stereocenters. The van der Waals surface area contributed by atoms with Gasteiger partial charge in [0.05, 0.1) is 12.6 Å². The first-order valence-electron chi connectivity index (χ1n) is 12.0. The number of aromatic amines is 1. The molecule has 0 saturated heterocycles. The number of carbonyl (C=O) groups is 4. The fourth-order valence-electron chi connectivity index (χ4n) is 3.86. The summed E-state index contributed by atoms with van der Waals surface area (Å²) in [7, 11) is 0. The highest BCUT2D eigenvalue weighted by Crippen LogP contribution is 2.19. The fourth-order valence-corrected chi connectivity index (χ4v) is 3.86. The Morgan fingerprint density at radius 2 is 1.58 bits per heavy atom. The number of carboxylic acid groups (broad SMARTS) is 1. The average molecular weight is 504 g/mol. The maximum absolute atomic E-state index is 12.9. The Bertz CT molecular complexity index is 1070. The summed E-state index contributed by atoms with van der Waals surface area (Å²) in [6.07, 6.45) is 2.11. The van der Waals surface area contributed by atoms with Crippen molar-refractivity contribution in [3.05, 3.63) is 36.0 Å². The second kappa shape index (κ2) is 13.0. The molecule has 198 valence electrons. The van der Waals surface area contributed by atoms with E-state index in [9.17, 15) is 29.4 Å². The summed E-state index contributed by atoms with van der Waals surface area (Å²) in [6, 6.07) is 2.86. The highest BCUT2D eigenvalue weighted by molar-refractivity contribution is 5.94. The van der Waals surface area contributed by atoms with E-state index in [1.807, 2.05) is 38.1 Å². The Labute approximate surface area is 210 Å². The molecule has 0 aliphatic carbocycles. The number of nitrogens with one attached hydrogen (secondary N) is 4. The second-order valence-corrected chi connectivity index (χ2v) is 9.67. The smallest absolute Gasteiger partial charge is 0.326 e. The van der Waals surface area contributed by atoms with Gasteiger partial charge in [-0.05, 0) is 29.9 Å². The average Bonchev–Trinajstić information content (AvgIpc) is 3.22. The normalized spacial score (nSPS) is 14.8. The summed E-state index contributed by atoms with van der Waals surface area (Å²) < 4.78 is 0. The van der Waals surface area contributed by atoms with Crippen molar-refractivity contribution in [3.63, 3.8) is 0 Å². The van der Waals surface area contributed by atoms with Crippen molar-refractivity contribution in [3.8, 4) is 0 Å². The number of aromatic nitrogens is 1. The maximum atomic E-state index is 12.9. The van der Waals surface area contributed by atoms with Gasteiger partial charge >= 0.3 is 5.97 Å². The van der Waals surface area contributed by atoms with E-state index in [4.69, 9.17) is 5.73 Å². The van der Waals surface area contributed by atoms with E-state index in [0.717, 1.165) is 10.9 Å². The lowest BCUT2D eigenvalue weighted by atomic mass is 10.00. The number of amides is 3. The molecule has 0 aliphatic heterocycles. The minimum absolute atomic E-state index is 0.00437. The molecule has 0 radical (unpaired) electrons. The second-order valence-electron chi connectivity index (χ2n) is 9.67. The number of aliphatic hydroxyl groups is 1. The van der Waals surface area contributed by atoms with Crippen LogP contribution in [-0.2, 0) is 25.6 Å². The minimum atomic E-state index is -1.41. The first-order valence-corrected chi connectivity index (χ1v) is 12.0. The quantitative estimate of drug-likeness (QED) is 0.204. The Balaban J connectivity index is 2.07. The van der Waals surface area contributed by atoms with E-state index >= 15 is 0 Å². The van der Waals surface area contributed by atoms with E-state index in [-0.39, 0.29) is 18.3 Å². The van der Waals surface area contributed by atoms with Crippen LogP contribution >= 0.6 is 0 Å². The molecule has 4 atom stereocenters. The number of rotatable bonds is 13. The SMILES string of the molecule is CC(C)CC(N)C(=O)NC(C(=O)NC(CO)C(=O)NC(Cc1c[nH]c2ccccc12)C(=O)O)C(C)C. The van der Waals surface area contributed by atoms with E-state index in [1.54, 1.807) is 20.0 Å². The van der Waals surface area contributed by atoms with Crippen molar-refractivity contribution in [2.75, 3.05) is 6.61 Å². The standard InChI is InChI=1S/C25H37N5O6/c1-13(2)9-17(26)22(32)30-21(14(3)4)24(34)29-20(12-31)23(33)28-19(25(35)36)10-15-11-27-18-8-6-5-7-16(15)18/h5-8,11,13-14,17,19-21,27,31H,9-10,12,26H2,1-4H3,(H,28,33)(H,29,34)(H,30,32)(H,35,36). The fraction of sp³-hybridized carbons (Fsp3) is 0.520. The molecule has 8 N–H and O–H groups in total. The van der Waals surface area contributed by atoms with Gasteiger partial charge in [-0.3, -0.25) is 14.4 Å². The molecule has 2 rings (SSSR count). The summed E-state index contributed by atoms with van der Waals surface area (Å²) in [5.41, 5.74) is 7.44. The van der Waals surface area contributed by atoms with Crippen LogP contribution in [-0.4, -0.2) is 69.7 Å². The predicted molar refractivity (Wildman–Crippen MR) is 135 cm³/mol. The first-order chi connectivity index (χ1) is 16.9. The number of para-hydroxylation sites is 1. The zero-order valence-corrected chi connectivity index (χ0v) is 21.1. The number of hydrogen-bond donors (Lipinski definition) is 7. The van der Waals surface area contributed by atoms with Crippen LogP contribution in [0, 0.1) is 11.8 Å². The highest BCUT2D eigenvalue weighted by atomic mass is 16.4. The molecule has 1 aromatic carbocycles. The van der Waals surface area contributed by atoms with Crippen molar-refractivity contribution in [2.45, 2.75) is 64.7 Å². The third-order valence-corrected chi connectivity index (χ3v) is 5.84. The summed E-state index contributed by atoms with van der Waals surface area (Å²) in [5, 5.41) is 27.7.